The molecule has 0 aromatic carbocycles. The molecule has 0 aliphatic carbocycles. The first kappa shape index (κ1) is 11.3. The molecule has 0 saturated carbocycles. The van der Waals surface area contributed by atoms with E-state index in [-0.39, 0.29) is 12.5 Å². The van der Waals surface area contributed by atoms with Crippen LogP contribution in [0.2, 0.25) is 0 Å². The molecule has 5 heteroatoms. The van der Waals surface area contributed by atoms with Gasteiger partial charge >= 0.3 is 5.97 Å². The Morgan fingerprint density at radius 3 is 2.73 bits per heavy atom. The van der Waals surface area contributed by atoms with Gasteiger partial charge in [0.05, 0.1) is 17.7 Å². The summed E-state index contributed by atoms with van der Waals surface area (Å²) in [6.45, 7) is 3.32. The predicted octanol–water partition coefficient (Wildman–Crippen LogP) is 1.04. The minimum Gasteiger partial charge on any atom is -0.481 e. The Labute approximate surface area is 87.1 Å². The SMILES string of the molecule is Cc1occc1C(=O)NCC(C)C(=O)O. The second-order valence-corrected chi connectivity index (χ2v) is 3.34. The second-order valence-electron chi connectivity index (χ2n) is 3.34. The van der Waals surface area contributed by atoms with Crippen LogP contribution < -0.4 is 5.32 Å². The lowest BCUT2D eigenvalue weighted by Gasteiger charge is -2.07. The number of carbonyl (C=O) groups is 2. The van der Waals surface area contributed by atoms with Gasteiger partial charge in [0.1, 0.15) is 5.76 Å². The van der Waals surface area contributed by atoms with Crippen LogP contribution >= 0.6 is 0 Å². The molecular weight excluding hydrogens is 198 g/mol. The van der Waals surface area contributed by atoms with Crippen molar-refractivity contribution < 1.29 is 19.1 Å². The number of carbonyl (C=O) groups excluding carboxylic acids is 1. The number of amides is 1. The van der Waals surface area contributed by atoms with Gasteiger partial charge in [-0.1, -0.05) is 6.92 Å². The fraction of sp³-hybridized carbons (Fsp3) is 0.400. The average Bonchev–Trinajstić information content (AvgIpc) is 2.60. The van der Waals surface area contributed by atoms with Crippen LogP contribution in [-0.2, 0) is 4.79 Å². The lowest BCUT2D eigenvalue weighted by atomic mass is 10.2. The number of hydrogen-bond donors (Lipinski definition) is 2. The highest BCUT2D eigenvalue weighted by atomic mass is 16.4. The van der Waals surface area contributed by atoms with E-state index in [1.54, 1.807) is 13.0 Å². The molecule has 0 bridgehead atoms. The summed E-state index contributed by atoms with van der Waals surface area (Å²) in [5.74, 6) is -1.31. The molecule has 0 radical (unpaired) electrons. The lowest BCUT2D eigenvalue weighted by Crippen LogP contribution is -2.31. The zero-order chi connectivity index (χ0) is 11.4. The third-order valence-corrected chi connectivity index (χ3v) is 2.09. The highest BCUT2D eigenvalue weighted by Crippen LogP contribution is 2.08. The highest BCUT2D eigenvalue weighted by Gasteiger charge is 2.15. The van der Waals surface area contributed by atoms with E-state index in [0.29, 0.717) is 11.3 Å². The van der Waals surface area contributed by atoms with Crippen LogP contribution in [0.15, 0.2) is 16.7 Å². The number of rotatable bonds is 4. The maximum Gasteiger partial charge on any atom is 0.308 e. The van der Waals surface area contributed by atoms with Crippen LogP contribution in [0.25, 0.3) is 0 Å². The molecule has 1 unspecified atom stereocenters. The maximum absolute atomic E-state index is 11.5. The second kappa shape index (κ2) is 4.63. The Kier molecular flexibility index (Phi) is 3.49. The summed E-state index contributed by atoms with van der Waals surface area (Å²) in [6, 6.07) is 1.55. The van der Waals surface area contributed by atoms with Gasteiger partial charge in [-0.15, -0.1) is 0 Å². The summed E-state index contributed by atoms with van der Waals surface area (Å²) < 4.78 is 4.96. The zero-order valence-electron chi connectivity index (χ0n) is 8.61. The molecular formula is C10H13NO4. The van der Waals surface area contributed by atoms with Gasteiger partial charge in [0.25, 0.3) is 5.91 Å². The number of furan rings is 1. The van der Waals surface area contributed by atoms with Gasteiger partial charge in [-0.05, 0) is 13.0 Å². The Balaban J connectivity index is 2.51. The Bertz CT molecular complexity index is 369. The van der Waals surface area contributed by atoms with Crippen molar-refractivity contribution >= 4 is 11.9 Å². The van der Waals surface area contributed by atoms with E-state index in [2.05, 4.69) is 5.32 Å². The van der Waals surface area contributed by atoms with Crippen molar-refractivity contribution in [2.24, 2.45) is 5.92 Å². The summed E-state index contributed by atoms with van der Waals surface area (Å²) in [4.78, 5) is 22.0. The molecule has 1 atom stereocenters. The summed E-state index contributed by atoms with van der Waals surface area (Å²) in [7, 11) is 0. The van der Waals surface area contributed by atoms with Crippen molar-refractivity contribution in [2.75, 3.05) is 6.54 Å². The fourth-order valence-corrected chi connectivity index (χ4v) is 1.05. The van der Waals surface area contributed by atoms with Gasteiger partial charge in [-0.25, -0.2) is 0 Å². The molecule has 0 fully saturated rings. The van der Waals surface area contributed by atoms with Crippen molar-refractivity contribution in [3.63, 3.8) is 0 Å². The topological polar surface area (TPSA) is 79.5 Å². The molecule has 1 rings (SSSR count). The lowest BCUT2D eigenvalue weighted by molar-refractivity contribution is -0.140. The van der Waals surface area contributed by atoms with E-state index >= 15 is 0 Å². The first-order valence-corrected chi connectivity index (χ1v) is 4.57. The Morgan fingerprint density at radius 2 is 2.27 bits per heavy atom. The van der Waals surface area contributed by atoms with Gasteiger partial charge in [-0.2, -0.15) is 0 Å². The van der Waals surface area contributed by atoms with Crippen molar-refractivity contribution in [1.82, 2.24) is 5.32 Å². The summed E-state index contributed by atoms with van der Waals surface area (Å²) in [5.41, 5.74) is 0.438. The molecule has 2 N–H and O–H groups in total. The molecule has 15 heavy (non-hydrogen) atoms. The van der Waals surface area contributed by atoms with Gasteiger partial charge in [0.15, 0.2) is 0 Å². The average molecular weight is 211 g/mol. The Hall–Kier alpha value is -1.78. The van der Waals surface area contributed by atoms with Gasteiger partial charge in [0, 0.05) is 6.54 Å². The molecule has 1 aromatic heterocycles. The number of aliphatic carboxylic acids is 1. The van der Waals surface area contributed by atoms with Gasteiger partial charge in [-0.3, -0.25) is 9.59 Å². The molecule has 1 amide bonds. The van der Waals surface area contributed by atoms with Crippen molar-refractivity contribution in [3.05, 3.63) is 23.7 Å². The van der Waals surface area contributed by atoms with Crippen molar-refractivity contribution in [3.8, 4) is 0 Å². The van der Waals surface area contributed by atoms with Gasteiger partial charge in [0.2, 0.25) is 0 Å². The van der Waals surface area contributed by atoms with Gasteiger partial charge < -0.3 is 14.8 Å². The molecule has 82 valence electrons. The summed E-state index contributed by atoms with van der Waals surface area (Å²) >= 11 is 0. The number of carboxylic acid groups (broad SMARTS) is 1. The third-order valence-electron chi connectivity index (χ3n) is 2.09. The Morgan fingerprint density at radius 1 is 1.60 bits per heavy atom. The van der Waals surface area contributed by atoms with Crippen LogP contribution in [0.3, 0.4) is 0 Å². The minimum atomic E-state index is -0.931. The van der Waals surface area contributed by atoms with E-state index in [1.165, 1.54) is 13.2 Å². The fourth-order valence-electron chi connectivity index (χ4n) is 1.05. The third kappa shape index (κ3) is 2.83. The molecule has 0 aliphatic rings. The maximum atomic E-state index is 11.5. The van der Waals surface area contributed by atoms with Crippen LogP contribution in [0.4, 0.5) is 0 Å². The van der Waals surface area contributed by atoms with Crippen LogP contribution in [0, 0.1) is 12.8 Å². The number of nitrogens with one attached hydrogen (secondary N) is 1. The van der Waals surface area contributed by atoms with Crippen LogP contribution in [0.1, 0.15) is 23.0 Å². The first-order valence-electron chi connectivity index (χ1n) is 4.57. The van der Waals surface area contributed by atoms with E-state index in [0.717, 1.165) is 0 Å². The summed E-state index contributed by atoms with van der Waals surface area (Å²) in [5, 5.41) is 11.1. The number of hydrogen-bond acceptors (Lipinski definition) is 3. The molecule has 0 spiro atoms. The van der Waals surface area contributed by atoms with E-state index < -0.39 is 11.9 Å². The molecule has 1 heterocycles. The zero-order valence-corrected chi connectivity index (χ0v) is 8.61. The smallest absolute Gasteiger partial charge is 0.308 e. The number of aryl methyl sites for hydroxylation is 1. The normalized spacial score (nSPS) is 12.1. The largest absolute Gasteiger partial charge is 0.481 e. The minimum absolute atomic E-state index is 0.110. The molecule has 0 aliphatic heterocycles. The van der Waals surface area contributed by atoms with E-state index in [9.17, 15) is 9.59 Å². The number of carboxylic acids is 1. The standard InChI is InChI=1S/C10H13NO4/c1-6(10(13)14)5-11-9(12)8-3-4-15-7(8)2/h3-4,6H,5H2,1-2H3,(H,11,12)(H,13,14). The first-order chi connectivity index (χ1) is 7.02. The predicted molar refractivity (Wildman–Crippen MR) is 52.6 cm³/mol. The van der Waals surface area contributed by atoms with Crippen molar-refractivity contribution in [1.29, 1.82) is 0 Å². The van der Waals surface area contributed by atoms with E-state index in [1.807, 2.05) is 0 Å². The van der Waals surface area contributed by atoms with E-state index in [4.69, 9.17) is 9.52 Å². The van der Waals surface area contributed by atoms with Crippen LogP contribution in [0.5, 0.6) is 0 Å². The monoisotopic (exact) mass is 211 g/mol. The molecule has 0 saturated heterocycles. The highest BCUT2D eigenvalue weighted by molar-refractivity contribution is 5.95. The molecule has 1 aromatic rings. The quantitative estimate of drug-likeness (QED) is 0.779. The summed E-state index contributed by atoms with van der Waals surface area (Å²) in [6.07, 6.45) is 1.42. The van der Waals surface area contributed by atoms with Crippen molar-refractivity contribution in [2.45, 2.75) is 13.8 Å². The molecule has 5 nitrogen and oxygen atoms in total. The van der Waals surface area contributed by atoms with Crippen LogP contribution in [-0.4, -0.2) is 23.5 Å².